The molecule has 1 aromatic heterocycles. The predicted molar refractivity (Wildman–Crippen MR) is 70.3 cm³/mol. The van der Waals surface area contributed by atoms with Gasteiger partial charge < -0.3 is 15.2 Å². The van der Waals surface area contributed by atoms with E-state index in [1.54, 1.807) is 6.07 Å². The first-order valence-corrected chi connectivity index (χ1v) is 6.34. The van der Waals surface area contributed by atoms with Crippen LogP contribution in [0.3, 0.4) is 0 Å². The van der Waals surface area contributed by atoms with Gasteiger partial charge in [-0.15, -0.1) is 0 Å². The highest BCUT2D eigenvalue weighted by Gasteiger charge is 2.20. The van der Waals surface area contributed by atoms with E-state index in [0.29, 0.717) is 6.04 Å². The van der Waals surface area contributed by atoms with Crippen LogP contribution in [-0.4, -0.2) is 36.1 Å². The van der Waals surface area contributed by atoms with Crippen LogP contribution < -0.4 is 10.2 Å². The van der Waals surface area contributed by atoms with Crippen LogP contribution in [0.15, 0.2) is 18.2 Å². The lowest BCUT2D eigenvalue weighted by Crippen LogP contribution is -2.44. The monoisotopic (exact) mass is 248 g/mol. The molecule has 4 nitrogen and oxygen atoms in total. The predicted octanol–water partition coefficient (Wildman–Crippen LogP) is 1.89. The normalized spacial score (nSPS) is 20.6. The molecule has 0 amide bonds. The minimum Gasteiger partial charge on any atom is -0.341 e. The number of halogens is 1. The Morgan fingerprint density at radius 3 is 3.22 bits per heavy atom. The maximum absolute atomic E-state index is 13.1. The quantitative estimate of drug-likeness (QED) is 0.853. The molecule has 0 aliphatic carbocycles. The maximum atomic E-state index is 13.1. The number of nitrogens with zero attached hydrogens (tertiary/aromatic N) is 2. The molecular weight excluding hydrogens is 231 g/mol. The van der Waals surface area contributed by atoms with Gasteiger partial charge in [0, 0.05) is 19.1 Å². The number of H-pyrrole nitrogens is 1. The van der Waals surface area contributed by atoms with Crippen molar-refractivity contribution in [1.29, 1.82) is 0 Å². The Balaban J connectivity index is 1.89. The summed E-state index contributed by atoms with van der Waals surface area (Å²) in [5.41, 5.74) is 1.58. The van der Waals surface area contributed by atoms with E-state index in [2.05, 4.69) is 20.2 Å². The first kappa shape index (κ1) is 11.5. The molecule has 1 unspecified atom stereocenters. The molecule has 0 saturated carbocycles. The lowest BCUT2D eigenvalue weighted by atomic mass is 10.1. The van der Waals surface area contributed by atoms with Crippen molar-refractivity contribution in [1.82, 2.24) is 15.3 Å². The summed E-state index contributed by atoms with van der Waals surface area (Å²) in [6, 6.07) is 5.15. The number of piperidine rings is 1. The van der Waals surface area contributed by atoms with Crippen LogP contribution in [0.5, 0.6) is 0 Å². The highest BCUT2D eigenvalue weighted by atomic mass is 19.1. The number of hydrogen-bond acceptors (Lipinski definition) is 3. The molecule has 96 valence electrons. The second-order valence-corrected chi connectivity index (χ2v) is 4.80. The summed E-state index contributed by atoms with van der Waals surface area (Å²) >= 11 is 0. The number of nitrogens with one attached hydrogen (secondary N) is 2. The molecule has 1 saturated heterocycles. The fourth-order valence-corrected chi connectivity index (χ4v) is 2.52. The smallest absolute Gasteiger partial charge is 0.203 e. The van der Waals surface area contributed by atoms with Gasteiger partial charge in [0.2, 0.25) is 5.95 Å². The van der Waals surface area contributed by atoms with Crippen LogP contribution in [-0.2, 0) is 0 Å². The van der Waals surface area contributed by atoms with Crippen LogP contribution in [0.4, 0.5) is 10.3 Å². The summed E-state index contributed by atoms with van der Waals surface area (Å²) in [6.07, 6.45) is 2.35. The maximum Gasteiger partial charge on any atom is 0.203 e. The van der Waals surface area contributed by atoms with E-state index in [9.17, 15) is 4.39 Å². The summed E-state index contributed by atoms with van der Waals surface area (Å²) in [7, 11) is 1.99. The Kier molecular flexibility index (Phi) is 2.91. The van der Waals surface area contributed by atoms with Gasteiger partial charge in [0.25, 0.3) is 0 Å². The third-order valence-corrected chi connectivity index (χ3v) is 3.56. The van der Waals surface area contributed by atoms with E-state index in [1.807, 2.05) is 7.05 Å². The standard InChI is InChI=1S/C13H17FN4/c1-15-10-3-2-6-18(8-10)13-16-11-5-4-9(14)7-12(11)17-13/h4-5,7,10,15H,2-3,6,8H2,1H3,(H,16,17). The molecular formula is C13H17FN4. The number of likely N-dealkylation sites (N-methyl/N-ethyl adjacent to an activating group) is 1. The lowest BCUT2D eigenvalue weighted by molar-refractivity contribution is 0.446. The summed E-state index contributed by atoms with van der Waals surface area (Å²) in [4.78, 5) is 9.94. The zero-order valence-electron chi connectivity index (χ0n) is 10.4. The molecule has 2 N–H and O–H groups in total. The molecule has 1 fully saturated rings. The molecule has 2 aromatic rings. The molecule has 0 spiro atoms. The van der Waals surface area contributed by atoms with Crippen LogP contribution in [0.1, 0.15) is 12.8 Å². The summed E-state index contributed by atoms with van der Waals surface area (Å²) in [6.45, 7) is 1.94. The van der Waals surface area contributed by atoms with E-state index < -0.39 is 0 Å². The Labute approximate surface area is 105 Å². The number of aromatic amines is 1. The Bertz CT molecular complexity index is 551. The largest absolute Gasteiger partial charge is 0.341 e. The van der Waals surface area contributed by atoms with Crippen molar-refractivity contribution >= 4 is 17.0 Å². The number of anilines is 1. The van der Waals surface area contributed by atoms with Gasteiger partial charge in [-0.2, -0.15) is 0 Å². The number of aromatic nitrogens is 2. The third-order valence-electron chi connectivity index (χ3n) is 3.56. The molecule has 0 bridgehead atoms. The highest BCUT2D eigenvalue weighted by Crippen LogP contribution is 2.21. The number of hydrogen-bond donors (Lipinski definition) is 2. The number of rotatable bonds is 2. The van der Waals surface area contributed by atoms with Gasteiger partial charge in [-0.05, 0) is 38.1 Å². The molecule has 2 heterocycles. The van der Waals surface area contributed by atoms with Crippen LogP contribution >= 0.6 is 0 Å². The first-order chi connectivity index (χ1) is 8.76. The highest BCUT2D eigenvalue weighted by molar-refractivity contribution is 5.77. The van der Waals surface area contributed by atoms with E-state index in [4.69, 9.17) is 0 Å². The van der Waals surface area contributed by atoms with Gasteiger partial charge in [-0.25, -0.2) is 9.37 Å². The molecule has 0 radical (unpaired) electrons. The summed E-state index contributed by atoms with van der Waals surface area (Å²) in [5, 5.41) is 3.30. The number of fused-ring (bicyclic) bond motifs is 1. The number of benzene rings is 1. The number of imidazole rings is 1. The van der Waals surface area contributed by atoms with Crippen molar-refractivity contribution in [2.24, 2.45) is 0 Å². The zero-order valence-corrected chi connectivity index (χ0v) is 10.4. The van der Waals surface area contributed by atoms with Gasteiger partial charge in [-0.3, -0.25) is 0 Å². The van der Waals surface area contributed by atoms with Crippen molar-refractivity contribution in [2.45, 2.75) is 18.9 Å². The Morgan fingerprint density at radius 2 is 2.39 bits per heavy atom. The fraction of sp³-hybridized carbons (Fsp3) is 0.462. The Morgan fingerprint density at radius 1 is 1.50 bits per heavy atom. The molecule has 1 aliphatic rings. The average molecular weight is 248 g/mol. The molecule has 18 heavy (non-hydrogen) atoms. The van der Waals surface area contributed by atoms with E-state index >= 15 is 0 Å². The van der Waals surface area contributed by atoms with E-state index in [0.717, 1.165) is 36.5 Å². The molecule has 3 rings (SSSR count). The second-order valence-electron chi connectivity index (χ2n) is 4.80. The lowest BCUT2D eigenvalue weighted by Gasteiger charge is -2.32. The zero-order chi connectivity index (χ0) is 12.5. The molecule has 1 aromatic carbocycles. The average Bonchev–Trinajstić information content (AvgIpc) is 2.81. The minimum atomic E-state index is -0.232. The van der Waals surface area contributed by atoms with Crippen molar-refractivity contribution in [3.05, 3.63) is 24.0 Å². The van der Waals surface area contributed by atoms with E-state index in [-0.39, 0.29) is 5.82 Å². The van der Waals surface area contributed by atoms with Gasteiger partial charge in [0.05, 0.1) is 11.0 Å². The third kappa shape index (κ3) is 2.06. The molecule has 5 heteroatoms. The van der Waals surface area contributed by atoms with Crippen LogP contribution in [0, 0.1) is 5.82 Å². The van der Waals surface area contributed by atoms with Crippen molar-refractivity contribution in [3.8, 4) is 0 Å². The first-order valence-electron chi connectivity index (χ1n) is 6.34. The van der Waals surface area contributed by atoms with Crippen LogP contribution in [0.2, 0.25) is 0 Å². The van der Waals surface area contributed by atoms with Gasteiger partial charge in [0.15, 0.2) is 0 Å². The topological polar surface area (TPSA) is 44.0 Å². The Hall–Kier alpha value is -1.62. The summed E-state index contributed by atoms with van der Waals surface area (Å²) < 4.78 is 13.1. The van der Waals surface area contributed by atoms with Gasteiger partial charge in [-0.1, -0.05) is 0 Å². The fourth-order valence-electron chi connectivity index (χ4n) is 2.52. The second kappa shape index (κ2) is 4.57. The van der Waals surface area contributed by atoms with Crippen molar-refractivity contribution in [2.75, 3.05) is 25.0 Å². The van der Waals surface area contributed by atoms with Gasteiger partial charge in [0.1, 0.15) is 5.82 Å². The van der Waals surface area contributed by atoms with Gasteiger partial charge >= 0.3 is 0 Å². The van der Waals surface area contributed by atoms with Crippen LogP contribution in [0.25, 0.3) is 11.0 Å². The summed E-state index contributed by atoms with van der Waals surface area (Å²) in [5.74, 6) is 0.611. The SMILES string of the molecule is CNC1CCCN(c2nc3ccc(F)cc3[nH]2)C1. The minimum absolute atomic E-state index is 0.232. The molecule has 1 atom stereocenters. The van der Waals surface area contributed by atoms with Crippen molar-refractivity contribution < 1.29 is 4.39 Å². The van der Waals surface area contributed by atoms with Crippen molar-refractivity contribution in [3.63, 3.8) is 0 Å². The van der Waals surface area contributed by atoms with E-state index in [1.165, 1.54) is 18.6 Å². The molecule has 1 aliphatic heterocycles.